The first-order valence-corrected chi connectivity index (χ1v) is 16.3. The van der Waals surface area contributed by atoms with Crippen LogP contribution in [0.15, 0.2) is 12.2 Å². The van der Waals surface area contributed by atoms with Crippen LogP contribution in [-0.2, 0) is 0 Å². The Morgan fingerprint density at radius 2 is 1.18 bits per heavy atom. The molecule has 8 fully saturated rings. The minimum Gasteiger partial charge on any atom is -0.0848 e. The molecule has 0 saturated heterocycles. The molecule has 0 radical (unpaired) electrons. The fourth-order valence-electron chi connectivity index (χ4n) is 13.7. The van der Waals surface area contributed by atoms with E-state index in [0.717, 1.165) is 40.9 Å². The Bertz CT molecular complexity index is 777. The van der Waals surface area contributed by atoms with Crippen LogP contribution in [0.1, 0.15) is 106 Å². The lowest BCUT2D eigenvalue weighted by Crippen LogP contribution is -2.49. The molecular weight excluding hydrogens is 408 g/mol. The van der Waals surface area contributed by atoms with Crippen LogP contribution < -0.4 is 0 Å². The Balaban J connectivity index is 0.000000246. The Kier molecular flexibility index (Phi) is 6.13. The van der Waals surface area contributed by atoms with Crippen molar-refractivity contribution in [3.8, 4) is 0 Å². The lowest BCUT2D eigenvalue weighted by atomic mass is 9.52. The van der Waals surface area contributed by atoms with Crippen molar-refractivity contribution in [2.75, 3.05) is 0 Å². The molecule has 0 heterocycles. The smallest absolute Gasteiger partial charge is 0.0194 e. The highest BCUT2D eigenvalue weighted by Gasteiger charge is 2.79. The van der Waals surface area contributed by atoms with Gasteiger partial charge in [-0.25, -0.2) is 0 Å². The van der Waals surface area contributed by atoms with Crippen LogP contribution in [0.25, 0.3) is 0 Å². The van der Waals surface area contributed by atoms with Gasteiger partial charge in [0.05, 0.1) is 0 Å². The monoisotopic (exact) mass is 464 g/mol. The van der Waals surface area contributed by atoms with E-state index in [-0.39, 0.29) is 0 Å². The molecule has 0 aromatic rings. The highest BCUT2D eigenvalue weighted by Crippen LogP contribution is 2.84. The molecule has 192 valence electrons. The standard InChI is InChI=1S/C26H34.C4H10.2C2H6/c1-26-10-19(16-8-15-11-2-3-14(6-11)22(15)24(16)26)23-17-9-18(25(23)26)21-13-5-4-12(7-13)20(17)21;1-3-4-2;2*1-2/h2-3,11-25H,4-10H2,1H3;3-4H2,1-2H3;2*1-2H3. The van der Waals surface area contributed by atoms with E-state index in [1.165, 1.54) is 66.1 Å². The molecule has 0 aliphatic heterocycles. The van der Waals surface area contributed by atoms with Gasteiger partial charge in [0.15, 0.2) is 0 Å². The summed E-state index contributed by atoms with van der Waals surface area (Å²) in [4.78, 5) is 0. The highest BCUT2D eigenvalue weighted by atomic mass is 14.8. The lowest BCUT2D eigenvalue weighted by Gasteiger charge is -2.53. The van der Waals surface area contributed by atoms with Gasteiger partial charge in [-0.2, -0.15) is 0 Å². The summed E-state index contributed by atoms with van der Waals surface area (Å²) in [5, 5.41) is 0. The van der Waals surface area contributed by atoms with Crippen LogP contribution in [0.2, 0.25) is 0 Å². The molecule has 0 aromatic heterocycles. The van der Waals surface area contributed by atoms with Crippen molar-refractivity contribution in [1.82, 2.24) is 0 Å². The van der Waals surface area contributed by atoms with Gasteiger partial charge in [-0.3, -0.25) is 0 Å². The third kappa shape index (κ3) is 2.79. The van der Waals surface area contributed by atoms with Gasteiger partial charge in [0.2, 0.25) is 0 Å². The van der Waals surface area contributed by atoms with E-state index >= 15 is 0 Å². The summed E-state index contributed by atoms with van der Waals surface area (Å²) in [5.74, 6) is 17.3. The molecule has 9 aliphatic rings. The number of hydrogen-bond acceptors (Lipinski definition) is 0. The summed E-state index contributed by atoms with van der Waals surface area (Å²) in [6.07, 6.45) is 19.4. The Hall–Kier alpha value is -0.260. The Morgan fingerprint density at radius 1 is 0.588 bits per heavy atom. The lowest BCUT2D eigenvalue weighted by molar-refractivity contribution is -0.0564. The predicted molar refractivity (Wildman–Crippen MR) is 145 cm³/mol. The molecule has 0 amide bonds. The number of unbranched alkanes of at least 4 members (excludes halogenated alkanes) is 1. The van der Waals surface area contributed by atoms with Crippen LogP contribution in [-0.4, -0.2) is 0 Å². The minimum absolute atomic E-state index is 0.768. The van der Waals surface area contributed by atoms with Gasteiger partial charge in [0.25, 0.3) is 0 Å². The summed E-state index contributed by atoms with van der Waals surface area (Å²) >= 11 is 0. The maximum atomic E-state index is 2.86. The Labute approximate surface area is 212 Å². The van der Waals surface area contributed by atoms with E-state index in [2.05, 4.69) is 32.9 Å². The van der Waals surface area contributed by atoms with Gasteiger partial charge >= 0.3 is 0 Å². The van der Waals surface area contributed by atoms with Gasteiger partial charge in [0, 0.05) is 0 Å². The molecule has 8 saturated carbocycles. The third-order valence-electron chi connectivity index (χ3n) is 13.8. The third-order valence-corrected chi connectivity index (χ3v) is 13.8. The second kappa shape index (κ2) is 8.65. The first-order valence-electron chi connectivity index (χ1n) is 16.3. The van der Waals surface area contributed by atoms with Crippen molar-refractivity contribution in [3.05, 3.63) is 12.2 Å². The molecule has 16 unspecified atom stereocenters. The summed E-state index contributed by atoms with van der Waals surface area (Å²) in [7, 11) is 0. The first kappa shape index (κ1) is 24.1. The molecule has 0 aromatic carbocycles. The molecule has 0 nitrogen and oxygen atoms in total. The van der Waals surface area contributed by atoms with Crippen molar-refractivity contribution >= 4 is 0 Å². The van der Waals surface area contributed by atoms with E-state index < -0.39 is 0 Å². The zero-order valence-corrected chi connectivity index (χ0v) is 23.7. The summed E-state index contributed by atoms with van der Waals surface area (Å²) in [6.45, 7) is 15.2. The zero-order chi connectivity index (χ0) is 23.9. The fourth-order valence-corrected chi connectivity index (χ4v) is 13.7. The van der Waals surface area contributed by atoms with Crippen LogP contribution in [0.4, 0.5) is 0 Å². The molecule has 9 aliphatic carbocycles. The quantitative estimate of drug-likeness (QED) is 0.268. The van der Waals surface area contributed by atoms with Gasteiger partial charge in [-0.05, 0) is 139 Å². The predicted octanol–water partition coefficient (Wildman–Crippen LogP) is 9.50. The van der Waals surface area contributed by atoms with Crippen molar-refractivity contribution in [3.63, 3.8) is 0 Å². The van der Waals surface area contributed by atoms with E-state index in [1.807, 2.05) is 27.7 Å². The normalized spacial score (nSPS) is 60.5. The summed E-state index contributed by atoms with van der Waals surface area (Å²) in [6, 6.07) is 0. The van der Waals surface area contributed by atoms with E-state index in [0.29, 0.717) is 0 Å². The molecule has 34 heavy (non-hydrogen) atoms. The SMILES string of the molecule is CC.CC.CC12CC(C3CC4C5C=CC(C5)C4C31)C1C3CC(C4C5CCC(C5)C34)C12.CCCC. The average Bonchev–Trinajstić information content (AvgIpc) is 3.71. The zero-order valence-electron chi connectivity index (χ0n) is 23.7. The second-order valence-electron chi connectivity index (χ2n) is 14.1. The number of fused-ring (bicyclic) bond motifs is 25. The molecule has 0 spiro atoms. The molecule has 0 N–H and O–H groups in total. The van der Waals surface area contributed by atoms with Crippen molar-refractivity contribution in [1.29, 1.82) is 0 Å². The Morgan fingerprint density at radius 3 is 1.85 bits per heavy atom. The van der Waals surface area contributed by atoms with Crippen LogP contribution in [0.3, 0.4) is 0 Å². The maximum Gasteiger partial charge on any atom is -0.0194 e. The molecule has 9 rings (SSSR count). The van der Waals surface area contributed by atoms with Crippen LogP contribution in [0, 0.1) is 94.2 Å². The molecule has 0 heteroatoms. The molecule has 8 bridgehead atoms. The second-order valence-corrected chi connectivity index (χ2v) is 14.1. The number of hydrogen-bond donors (Lipinski definition) is 0. The van der Waals surface area contributed by atoms with Gasteiger partial charge in [-0.1, -0.05) is 73.5 Å². The highest BCUT2D eigenvalue weighted by molar-refractivity contribution is 5.29. The van der Waals surface area contributed by atoms with Gasteiger partial charge in [-0.15, -0.1) is 0 Å². The van der Waals surface area contributed by atoms with Crippen molar-refractivity contribution in [2.45, 2.75) is 106 Å². The minimum atomic E-state index is 0.768. The number of allylic oxidation sites excluding steroid dienone is 2. The van der Waals surface area contributed by atoms with Crippen molar-refractivity contribution in [2.24, 2.45) is 94.2 Å². The first-order chi connectivity index (χ1) is 16.7. The summed E-state index contributed by atoms with van der Waals surface area (Å²) in [5.41, 5.74) is 0.768. The average molecular weight is 465 g/mol. The van der Waals surface area contributed by atoms with Gasteiger partial charge < -0.3 is 0 Å². The van der Waals surface area contributed by atoms with E-state index in [1.54, 1.807) is 44.9 Å². The topological polar surface area (TPSA) is 0 Å². The van der Waals surface area contributed by atoms with E-state index in [9.17, 15) is 0 Å². The maximum absolute atomic E-state index is 2.86. The fraction of sp³-hybridized carbons (Fsp3) is 0.941. The molecular formula is C34H56. The van der Waals surface area contributed by atoms with Crippen LogP contribution >= 0.6 is 0 Å². The van der Waals surface area contributed by atoms with Gasteiger partial charge in [0.1, 0.15) is 0 Å². The molecule has 16 atom stereocenters. The van der Waals surface area contributed by atoms with Crippen molar-refractivity contribution < 1.29 is 0 Å². The largest absolute Gasteiger partial charge is 0.0848 e. The van der Waals surface area contributed by atoms with Crippen LogP contribution in [0.5, 0.6) is 0 Å². The van der Waals surface area contributed by atoms with E-state index in [4.69, 9.17) is 0 Å². The number of rotatable bonds is 1. The summed E-state index contributed by atoms with van der Waals surface area (Å²) < 4.78 is 0.